The molecule has 0 N–H and O–H groups in total. The van der Waals surface area contributed by atoms with Gasteiger partial charge in [-0.1, -0.05) is 57.5 Å². The number of hydrogen-bond acceptors (Lipinski definition) is 1. The van der Waals surface area contributed by atoms with Crippen LogP contribution in [0.4, 0.5) is 0 Å². The van der Waals surface area contributed by atoms with Crippen LogP contribution in [-0.4, -0.2) is 18.6 Å². The highest BCUT2D eigenvalue weighted by Crippen LogP contribution is 2.06. The van der Waals surface area contributed by atoms with E-state index in [2.05, 4.69) is 55.0 Å². The van der Waals surface area contributed by atoms with Crippen LogP contribution in [0.3, 0.4) is 0 Å². The second-order valence-corrected chi connectivity index (χ2v) is 4.31. The fourth-order valence-electron chi connectivity index (χ4n) is 1.30. The summed E-state index contributed by atoms with van der Waals surface area (Å²) in [6.45, 7) is 13.1. The fraction of sp³-hybridized carbons (Fsp3) is 0.500. The van der Waals surface area contributed by atoms with Gasteiger partial charge in [-0.25, -0.2) is 4.99 Å². The number of nitrogens with zero attached hydrogens (tertiary/aromatic N) is 2. The van der Waals surface area contributed by atoms with E-state index in [0.717, 1.165) is 17.9 Å². The van der Waals surface area contributed by atoms with Crippen LogP contribution < -0.4 is 0 Å². The van der Waals surface area contributed by atoms with E-state index < -0.39 is 0 Å². The smallest absolute Gasteiger partial charge is 0.154 e. The summed E-state index contributed by atoms with van der Waals surface area (Å²) >= 11 is 0. The van der Waals surface area contributed by atoms with Crippen LogP contribution in [0.1, 0.15) is 45.7 Å². The Kier molecular flexibility index (Phi) is 8.81. The molecule has 0 saturated heterocycles. The Balaban J connectivity index is 0.00000137. The maximum atomic E-state index is 4.53. The van der Waals surface area contributed by atoms with Crippen LogP contribution in [0.5, 0.6) is 0 Å². The summed E-state index contributed by atoms with van der Waals surface area (Å²) in [4.78, 5) is 8.85. The van der Waals surface area contributed by atoms with Gasteiger partial charge in [-0.05, 0) is 19.8 Å². The van der Waals surface area contributed by atoms with Gasteiger partial charge in [0.1, 0.15) is 0 Å². The summed E-state index contributed by atoms with van der Waals surface area (Å²) in [5.41, 5.74) is 2.34. The van der Waals surface area contributed by atoms with Gasteiger partial charge in [-0.15, -0.1) is 0 Å². The topological polar surface area (TPSA) is 24.7 Å². The van der Waals surface area contributed by atoms with Crippen LogP contribution in [0.2, 0.25) is 0 Å². The first kappa shape index (κ1) is 16.6. The van der Waals surface area contributed by atoms with Crippen molar-refractivity contribution in [3.05, 3.63) is 35.4 Å². The molecular weight excluding hydrogens is 220 g/mol. The molecule has 1 aromatic rings. The molecule has 0 heterocycles. The second-order valence-electron chi connectivity index (χ2n) is 4.31. The fourth-order valence-corrected chi connectivity index (χ4v) is 1.30. The standard InChI is InChI=1S/C14H20N2.C2H6/c1-5-15-14(16-10-11(2)3)13-8-6-12(4)7-9-13;1-2/h5-9,11H,10H2,1-4H3;1-2H3. The largest absolute Gasteiger partial charge is 0.266 e. The van der Waals surface area contributed by atoms with E-state index in [1.165, 1.54) is 5.56 Å². The van der Waals surface area contributed by atoms with Gasteiger partial charge in [-0.2, -0.15) is 0 Å². The van der Waals surface area contributed by atoms with Crippen molar-refractivity contribution < 1.29 is 0 Å². The summed E-state index contributed by atoms with van der Waals surface area (Å²) in [7, 11) is 0. The highest BCUT2D eigenvalue weighted by molar-refractivity contribution is 6.02. The van der Waals surface area contributed by atoms with Crippen molar-refractivity contribution in [2.75, 3.05) is 6.54 Å². The highest BCUT2D eigenvalue weighted by atomic mass is 14.9. The minimum atomic E-state index is 0.563. The van der Waals surface area contributed by atoms with Gasteiger partial charge < -0.3 is 0 Å². The molecule has 0 aromatic heterocycles. The van der Waals surface area contributed by atoms with Crippen LogP contribution in [0.15, 0.2) is 34.3 Å². The molecule has 0 saturated carbocycles. The van der Waals surface area contributed by atoms with Crippen LogP contribution in [0.25, 0.3) is 0 Å². The number of rotatable bonds is 3. The molecule has 1 aromatic carbocycles. The Labute approximate surface area is 112 Å². The van der Waals surface area contributed by atoms with Gasteiger partial charge >= 0.3 is 0 Å². The first-order chi connectivity index (χ1) is 8.63. The van der Waals surface area contributed by atoms with E-state index in [4.69, 9.17) is 0 Å². The highest BCUT2D eigenvalue weighted by Gasteiger charge is 2.01. The van der Waals surface area contributed by atoms with Crippen molar-refractivity contribution in [3.8, 4) is 0 Å². The zero-order valence-electron chi connectivity index (χ0n) is 12.6. The van der Waals surface area contributed by atoms with Crippen molar-refractivity contribution in [1.29, 1.82) is 0 Å². The molecule has 100 valence electrons. The molecule has 0 bridgehead atoms. The lowest BCUT2D eigenvalue weighted by molar-refractivity contribution is 0.665. The molecule has 0 fully saturated rings. The Morgan fingerprint density at radius 3 is 2.17 bits per heavy atom. The molecule has 0 aliphatic carbocycles. The third-order valence-corrected chi connectivity index (χ3v) is 2.17. The van der Waals surface area contributed by atoms with Gasteiger partial charge in [0.2, 0.25) is 0 Å². The quantitative estimate of drug-likeness (QED) is 0.553. The van der Waals surface area contributed by atoms with Gasteiger partial charge in [-0.3, -0.25) is 4.99 Å². The number of aryl methyl sites for hydroxylation is 1. The average molecular weight is 246 g/mol. The van der Waals surface area contributed by atoms with E-state index >= 15 is 0 Å². The lowest BCUT2D eigenvalue weighted by Gasteiger charge is -2.04. The first-order valence-electron chi connectivity index (χ1n) is 6.73. The number of benzene rings is 1. The molecule has 0 spiro atoms. The molecule has 0 radical (unpaired) electrons. The lowest BCUT2D eigenvalue weighted by atomic mass is 10.1. The molecule has 0 aliphatic heterocycles. The third-order valence-electron chi connectivity index (χ3n) is 2.17. The zero-order chi connectivity index (χ0) is 14.0. The number of hydrogen-bond donors (Lipinski definition) is 0. The normalized spacial score (nSPS) is 11.6. The van der Waals surface area contributed by atoms with Gasteiger partial charge in [0.15, 0.2) is 5.84 Å². The molecule has 2 nitrogen and oxygen atoms in total. The Hall–Kier alpha value is -1.44. The minimum absolute atomic E-state index is 0.563. The molecular formula is C16H26N2. The molecule has 0 atom stereocenters. The van der Waals surface area contributed by atoms with E-state index in [1.807, 2.05) is 20.8 Å². The molecule has 0 aliphatic rings. The van der Waals surface area contributed by atoms with E-state index in [-0.39, 0.29) is 0 Å². The predicted octanol–water partition coefficient (Wildman–Crippen LogP) is 4.51. The SMILES string of the molecule is CC.CC=NC(=NCC(C)C)c1ccc(C)cc1. The predicted molar refractivity (Wildman–Crippen MR) is 82.9 cm³/mol. The summed E-state index contributed by atoms with van der Waals surface area (Å²) in [5.74, 6) is 1.39. The van der Waals surface area contributed by atoms with Crippen molar-refractivity contribution in [1.82, 2.24) is 0 Å². The monoisotopic (exact) mass is 246 g/mol. The van der Waals surface area contributed by atoms with E-state index in [0.29, 0.717) is 5.92 Å². The summed E-state index contributed by atoms with van der Waals surface area (Å²) < 4.78 is 0. The molecule has 0 unspecified atom stereocenters. The molecule has 18 heavy (non-hydrogen) atoms. The van der Waals surface area contributed by atoms with Crippen LogP contribution >= 0.6 is 0 Å². The second kappa shape index (κ2) is 9.58. The first-order valence-corrected chi connectivity index (χ1v) is 6.73. The van der Waals surface area contributed by atoms with E-state index in [1.54, 1.807) is 6.21 Å². The molecule has 1 rings (SSSR count). The maximum absolute atomic E-state index is 4.53. The van der Waals surface area contributed by atoms with Crippen molar-refractivity contribution in [2.45, 2.75) is 41.5 Å². The Bertz CT molecular complexity index is 373. The van der Waals surface area contributed by atoms with Gasteiger partial charge in [0.05, 0.1) is 0 Å². The minimum Gasteiger partial charge on any atom is -0.266 e. The van der Waals surface area contributed by atoms with E-state index in [9.17, 15) is 0 Å². The Morgan fingerprint density at radius 2 is 1.72 bits per heavy atom. The number of aliphatic imine (C=N–C) groups is 2. The lowest BCUT2D eigenvalue weighted by Crippen LogP contribution is -2.02. The summed E-state index contributed by atoms with van der Waals surface area (Å²) in [5, 5.41) is 0. The van der Waals surface area contributed by atoms with Crippen LogP contribution in [0, 0.1) is 12.8 Å². The summed E-state index contributed by atoms with van der Waals surface area (Å²) in [6.07, 6.45) is 1.79. The van der Waals surface area contributed by atoms with Crippen molar-refractivity contribution in [3.63, 3.8) is 0 Å². The van der Waals surface area contributed by atoms with Crippen molar-refractivity contribution >= 4 is 12.1 Å². The van der Waals surface area contributed by atoms with Crippen molar-refractivity contribution in [2.24, 2.45) is 15.9 Å². The summed E-state index contributed by atoms with van der Waals surface area (Å²) in [6, 6.07) is 8.32. The third kappa shape index (κ3) is 6.33. The maximum Gasteiger partial charge on any atom is 0.154 e. The van der Waals surface area contributed by atoms with Gasteiger partial charge in [0.25, 0.3) is 0 Å². The zero-order valence-corrected chi connectivity index (χ0v) is 12.6. The number of amidine groups is 1. The molecule has 2 heteroatoms. The van der Waals surface area contributed by atoms with Gasteiger partial charge in [0, 0.05) is 18.3 Å². The Morgan fingerprint density at radius 1 is 1.17 bits per heavy atom. The van der Waals surface area contributed by atoms with Crippen LogP contribution in [-0.2, 0) is 0 Å². The average Bonchev–Trinajstić information content (AvgIpc) is 2.38. The molecule has 0 amide bonds.